The number of hydrogen-bond donors (Lipinski definition) is 6. The number of hydrogen-bond acceptors (Lipinski definition) is 12. The number of carbonyl (C=O) groups is 1. The molecule has 5 unspecified atom stereocenters. The van der Waals surface area contributed by atoms with Crippen molar-refractivity contribution in [1.82, 2.24) is 0 Å². The molecule has 1 aliphatic carbocycles. The number of carbonyl (C=O) groups excluding carboxylic acids is 1. The number of benzene rings is 1. The minimum atomic E-state index is -1.64. The molecule has 2 fully saturated rings. The van der Waals surface area contributed by atoms with Crippen LogP contribution < -0.4 is 4.74 Å². The zero-order valence-corrected chi connectivity index (χ0v) is 19.1. The highest BCUT2D eigenvalue weighted by atomic mass is 16.7. The van der Waals surface area contributed by atoms with E-state index < -0.39 is 73.4 Å². The number of fused-ring (bicyclic) bond motifs is 1. The van der Waals surface area contributed by atoms with E-state index in [1.807, 2.05) is 0 Å². The number of ether oxygens (including phenoxy) is 5. The number of rotatable bonds is 6. The molecule has 2 aliphatic heterocycles. The normalized spacial score (nSPS) is 39.4. The number of phenols is 1. The van der Waals surface area contributed by atoms with Crippen LogP contribution in [0.1, 0.15) is 12.0 Å². The summed E-state index contributed by atoms with van der Waals surface area (Å²) in [6, 6.07) is 4.45. The number of methoxy groups -OCH3 is 2. The van der Waals surface area contributed by atoms with Gasteiger partial charge in [-0.05, 0) is 17.7 Å². The van der Waals surface area contributed by atoms with Gasteiger partial charge in [-0.1, -0.05) is 6.07 Å². The van der Waals surface area contributed by atoms with Gasteiger partial charge in [0.1, 0.15) is 36.6 Å². The fourth-order valence-corrected chi connectivity index (χ4v) is 4.86. The summed E-state index contributed by atoms with van der Waals surface area (Å²) in [6.07, 6.45) is -10.2. The molecule has 4 rings (SSSR count). The monoisotopic (exact) mass is 498 g/mol. The average Bonchev–Trinajstić information content (AvgIpc) is 2.84. The van der Waals surface area contributed by atoms with Crippen molar-refractivity contribution in [1.29, 1.82) is 0 Å². The fourth-order valence-electron chi connectivity index (χ4n) is 4.86. The highest BCUT2D eigenvalue weighted by molar-refractivity contribution is 6.22. The minimum absolute atomic E-state index is 0.0681. The topological polar surface area (TPSA) is 185 Å². The maximum atomic E-state index is 13.3. The minimum Gasteiger partial charge on any atom is -0.504 e. The molecule has 1 saturated carbocycles. The molecule has 0 bridgehead atoms. The van der Waals surface area contributed by atoms with Crippen molar-refractivity contribution in [2.45, 2.75) is 61.5 Å². The standard InChI is InChI=1S/C23H30O12/c1-31-12-4-3-9(5-11(12)25)10-8-33-13-6-14(22(32-2)19(28)16(13)17(10)26)34-23-21(30)20(29)18(27)15(7-24)35-23/h3-5,8,13-16,18-25,27-30H,6-7H2,1-2H3/t13?,14?,15-,16?,18-,19?,20+,21-,22?,23+/m1/s1. The summed E-state index contributed by atoms with van der Waals surface area (Å²) >= 11 is 0. The lowest BCUT2D eigenvalue weighted by molar-refractivity contribution is -0.326. The highest BCUT2D eigenvalue weighted by Crippen LogP contribution is 2.40. The molecule has 12 heteroatoms. The third-order valence-electron chi connectivity index (χ3n) is 6.78. The Morgan fingerprint density at radius 1 is 1.06 bits per heavy atom. The smallest absolute Gasteiger partial charge is 0.187 e. The van der Waals surface area contributed by atoms with E-state index in [0.717, 1.165) is 0 Å². The summed E-state index contributed by atoms with van der Waals surface area (Å²) in [7, 11) is 2.73. The van der Waals surface area contributed by atoms with Crippen LogP contribution in [0, 0.1) is 5.92 Å². The van der Waals surface area contributed by atoms with Gasteiger partial charge in [0.25, 0.3) is 0 Å². The molecular formula is C23H30O12. The summed E-state index contributed by atoms with van der Waals surface area (Å²) in [5.74, 6) is -1.33. The van der Waals surface area contributed by atoms with Crippen molar-refractivity contribution < 1.29 is 59.1 Å². The molecular weight excluding hydrogens is 468 g/mol. The molecule has 2 heterocycles. The number of aliphatic hydroxyl groups is 5. The van der Waals surface area contributed by atoms with Crippen molar-refractivity contribution in [3.63, 3.8) is 0 Å². The Kier molecular flexibility index (Phi) is 7.64. The Balaban J connectivity index is 1.54. The number of phenolic OH excluding ortho intramolecular Hbond substituents is 1. The van der Waals surface area contributed by atoms with E-state index in [2.05, 4.69) is 0 Å². The van der Waals surface area contributed by atoms with Crippen LogP contribution in [-0.2, 0) is 23.7 Å². The molecule has 12 nitrogen and oxygen atoms in total. The van der Waals surface area contributed by atoms with Crippen molar-refractivity contribution >= 4 is 11.4 Å². The van der Waals surface area contributed by atoms with Gasteiger partial charge < -0.3 is 54.3 Å². The second-order valence-electron chi connectivity index (χ2n) is 8.78. The van der Waals surface area contributed by atoms with Crippen LogP contribution in [0.4, 0.5) is 0 Å². The molecule has 35 heavy (non-hydrogen) atoms. The molecule has 10 atom stereocenters. The maximum absolute atomic E-state index is 13.3. The van der Waals surface area contributed by atoms with Crippen LogP contribution in [0.15, 0.2) is 24.5 Å². The number of ketones is 1. The zero-order chi connectivity index (χ0) is 25.4. The van der Waals surface area contributed by atoms with Gasteiger partial charge in [0.2, 0.25) is 0 Å². The van der Waals surface area contributed by atoms with Gasteiger partial charge in [-0.3, -0.25) is 4.79 Å². The summed E-state index contributed by atoms with van der Waals surface area (Å²) in [5, 5.41) is 60.8. The number of allylic oxidation sites excluding steroid dienone is 1. The second kappa shape index (κ2) is 10.4. The Bertz CT molecular complexity index is 948. The van der Waals surface area contributed by atoms with Gasteiger partial charge in [-0.15, -0.1) is 0 Å². The summed E-state index contributed by atoms with van der Waals surface area (Å²) in [5.41, 5.74) is 0.541. The molecule has 194 valence electrons. The molecule has 0 aromatic heterocycles. The van der Waals surface area contributed by atoms with Crippen LogP contribution in [0.3, 0.4) is 0 Å². The quantitative estimate of drug-likeness (QED) is 0.261. The molecule has 1 aromatic rings. The molecule has 0 radical (unpaired) electrons. The second-order valence-corrected chi connectivity index (χ2v) is 8.78. The molecule has 3 aliphatic rings. The number of aromatic hydroxyl groups is 1. The Morgan fingerprint density at radius 2 is 1.80 bits per heavy atom. The fraction of sp³-hybridized carbons (Fsp3) is 0.609. The van der Waals surface area contributed by atoms with E-state index >= 15 is 0 Å². The molecule has 0 spiro atoms. The number of aliphatic hydroxyl groups excluding tert-OH is 5. The average molecular weight is 498 g/mol. The van der Waals surface area contributed by atoms with Gasteiger partial charge in [-0.25, -0.2) is 0 Å². The van der Waals surface area contributed by atoms with Crippen LogP contribution in [0.25, 0.3) is 5.57 Å². The third-order valence-corrected chi connectivity index (χ3v) is 6.78. The van der Waals surface area contributed by atoms with Gasteiger partial charge in [0.05, 0.1) is 43.7 Å². The Hall–Kier alpha value is -2.29. The first-order chi connectivity index (χ1) is 16.7. The Labute approximate surface area is 200 Å². The van der Waals surface area contributed by atoms with Crippen LogP contribution in [0.5, 0.6) is 11.5 Å². The predicted octanol–water partition coefficient (Wildman–Crippen LogP) is -1.71. The lowest BCUT2D eigenvalue weighted by Gasteiger charge is -2.47. The SMILES string of the molecule is COc1ccc(C2=COC3CC(O[C@H]4O[C@H](CO)[C@@H](O)[C@H](O)[C@H]4O)C(OC)C(O)C3C2=O)cc1O. The first-order valence-corrected chi connectivity index (χ1v) is 11.2. The van der Waals surface area contributed by atoms with E-state index in [-0.39, 0.29) is 23.5 Å². The van der Waals surface area contributed by atoms with Crippen LogP contribution in [-0.4, -0.2) is 112 Å². The first kappa shape index (κ1) is 25.8. The third kappa shape index (κ3) is 4.63. The molecule has 1 saturated heterocycles. The maximum Gasteiger partial charge on any atom is 0.187 e. The van der Waals surface area contributed by atoms with Crippen molar-refractivity contribution in [2.75, 3.05) is 20.8 Å². The van der Waals surface area contributed by atoms with Crippen LogP contribution >= 0.6 is 0 Å². The van der Waals surface area contributed by atoms with Crippen molar-refractivity contribution in [3.05, 3.63) is 30.0 Å². The van der Waals surface area contributed by atoms with Gasteiger partial charge in [0, 0.05) is 13.5 Å². The van der Waals surface area contributed by atoms with E-state index in [0.29, 0.717) is 5.56 Å². The van der Waals surface area contributed by atoms with Gasteiger partial charge in [-0.2, -0.15) is 0 Å². The van der Waals surface area contributed by atoms with Gasteiger partial charge >= 0.3 is 0 Å². The molecule has 6 N–H and O–H groups in total. The van der Waals surface area contributed by atoms with Crippen LogP contribution in [0.2, 0.25) is 0 Å². The summed E-state index contributed by atoms with van der Waals surface area (Å²) in [6.45, 7) is -0.622. The largest absolute Gasteiger partial charge is 0.504 e. The van der Waals surface area contributed by atoms with Crippen molar-refractivity contribution in [3.8, 4) is 11.5 Å². The summed E-state index contributed by atoms with van der Waals surface area (Å²) < 4.78 is 27.4. The van der Waals surface area contributed by atoms with E-state index in [1.165, 1.54) is 32.6 Å². The van der Waals surface area contributed by atoms with E-state index in [1.54, 1.807) is 6.07 Å². The predicted molar refractivity (Wildman–Crippen MR) is 116 cm³/mol. The highest BCUT2D eigenvalue weighted by Gasteiger charge is 2.53. The van der Waals surface area contributed by atoms with Crippen molar-refractivity contribution in [2.24, 2.45) is 5.92 Å². The molecule has 0 amide bonds. The lowest BCUT2D eigenvalue weighted by Crippen LogP contribution is -2.63. The molecule has 1 aromatic carbocycles. The van der Waals surface area contributed by atoms with Gasteiger partial charge in [0.15, 0.2) is 23.6 Å². The zero-order valence-electron chi connectivity index (χ0n) is 19.1. The van der Waals surface area contributed by atoms with E-state index in [9.17, 15) is 35.4 Å². The lowest BCUT2D eigenvalue weighted by atomic mass is 9.74. The summed E-state index contributed by atoms with van der Waals surface area (Å²) in [4.78, 5) is 13.3. The Morgan fingerprint density at radius 3 is 2.43 bits per heavy atom. The number of Topliss-reactive ketones (excluding diaryl/α,β-unsaturated/α-hetero) is 1. The van der Waals surface area contributed by atoms with E-state index in [4.69, 9.17) is 23.7 Å². The first-order valence-electron chi connectivity index (χ1n) is 11.2.